The highest BCUT2D eigenvalue weighted by Gasteiger charge is 2.17. The minimum atomic E-state index is 0.713. The predicted molar refractivity (Wildman–Crippen MR) is 80.3 cm³/mol. The van der Waals surface area contributed by atoms with Crippen LogP contribution in [0.5, 0.6) is 0 Å². The molecule has 0 saturated carbocycles. The van der Waals surface area contributed by atoms with Crippen molar-refractivity contribution in [3.8, 4) is 0 Å². The minimum absolute atomic E-state index is 0.713. The van der Waals surface area contributed by atoms with E-state index in [1.165, 1.54) is 50.9 Å². The van der Waals surface area contributed by atoms with Crippen LogP contribution in [0.2, 0.25) is 0 Å². The molecule has 1 fully saturated rings. The number of hydrogen-bond acceptors (Lipinski definition) is 3. The first kappa shape index (κ1) is 14.0. The van der Waals surface area contributed by atoms with Gasteiger partial charge in [-0.3, -0.25) is 4.90 Å². The number of nitrogens with one attached hydrogen (secondary N) is 1. The van der Waals surface area contributed by atoms with Crippen LogP contribution in [-0.4, -0.2) is 30.6 Å². The van der Waals surface area contributed by atoms with E-state index in [1.807, 2.05) is 11.3 Å². The lowest BCUT2D eigenvalue weighted by atomic mass is 10.0. The number of hydrogen-bond donors (Lipinski definition) is 1. The number of thiophene rings is 1. The fourth-order valence-electron chi connectivity index (χ4n) is 2.71. The molecule has 3 heteroatoms. The Balaban J connectivity index is 1.88. The van der Waals surface area contributed by atoms with Gasteiger partial charge in [0.05, 0.1) is 0 Å². The standard InChI is InChI=1S/C15H26N2S/c1-3-9-17(11-14-6-4-5-8-16-14)12-15-13(2)7-10-18-15/h7,10,14,16H,3-6,8-9,11-12H2,1-2H3. The zero-order valence-electron chi connectivity index (χ0n) is 11.7. The van der Waals surface area contributed by atoms with E-state index in [2.05, 4.69) is 35.5 Å². The maximum atomic E-state index is 3.66. The fourth-order valence-corrected chi connectivity index (χ4v) is 3.66. The largest absolute Gasteiger partial charge is 0.313 e. The van der Waals surface area contributed by atoms with Gasteiger partial charge in [-0.05, 0) is 56.3 Å². The maximum Gasteiger partial charge on any atom is 0.0331 e. The summed E-state index contributed by atoms with van der Waals surface area (Å²) >= 11 is 1.90. The van der Waals surface area contributed by atoms with Crippen molar-refractivity contribution in [3.63, 3.8) is 0 Å². The van der Waals surface area contributed by atoms with Gasteiger partial charge in [0.2, 0.25) is 0 Å². The molecule has 1 aromatic rings. The minimum Gasteiger partial charge on any atom is -0.313 e. The predicted octanol–water partition coefficient (Wildman–Crippen LogP) is 3.41. The van der Waals surface area contributed by atoms with Crippen LogP contribution in [0.4, 0.5) is 0 Å². The summed E-state index contributed by atoms with van der Waals surface area (Å²) < 4.78 is 0. The summed E-state index contributed by atoms with van der Waals surface area (Å²) in [6.07, 6.45) is 5.35. The van der Waals surface area contributed by atoms with E-state index in [9.17, 15) is 0 Å². The Morgan fingerprint density at radius 2 is 2.33 bits per heavy atom. The lowest BCUT2D eigenvalue weighted by Crippen LogP contribution is -2.43. The normalized spacial score (nSPS) is 20.5. The van der Waals surface area contributed by atoms with E-state index in [0.717, 1.165) is 6.54 Å². The molecule has 0 aliphatic carbocycles. The molecule has 1 unspecified atom stereocenters. The third-order valence-corrected chi connectivity index (χ3v) is 4.77. The molecular weight excluding hydrogens is 240 g/mol. The highest BCUT2D eigenvalue weighted by Crippen LogP contribution is 2.19. The van der Waals surface area contributed by atoms with Crippen molar-refractivity contribution in [2.24, 2.45) is 0 Å². The van der Waals surface area contributed by atoms with Gasteiger partial charge in [-0.2, -0.15) is 0 Å². The molecule has 0 amide bonds. The highest BCUT2D eigenvalue weighted by molar-refractivity contribution is 7.10. The molecule has 1 N–H and O–H groups in total. The summed E-state index contributed by atoms with van der Waals surface area (Å²) in [6, 6.07) is 2.95. The molecule has 102 valence electrons. The zero-order chi connectivity index (χ0) is 12.8. The number of piperidine rings is 1. The second kappa shape index (κ2) is 7.27. The van der Waals surface area contributed by atoms with Gasteiger partial charge in [0.1, 0.15) is 0 Å². The van der Waals surface area contributed by atoms with Gasteiger partial charge in [0, 0.05) is 24.0 Å². The smallest absolute Gasteiger partial charge is 0.0331 e. The van der Waals surface area contributed by atoms with E-state index in [1.54, 1.807) is 4.88 Å². The van der Waals surface area contributed by atoms with Crippen LogP contribution in [0.1, 0.15) is 43.0 Å². The van der Waals surface area contributed by atoms with E-state index < -0.39 is 0 Å². The van der Waals surface area contributed by atoms with Crippen molar-refractivity contribution in [1.82, 2.24) is 10.2 Å². The molecule has 2 heterocycles. The summed E-state index contributed by atoms with van der Waals surface area (Å²) in [6.45, 7) is 9.29. The molecular formula is C15H26N2S. The lowest BCUT2D eigenvalue weighted by Gasteiger charge is -2.30. The molecule has 2 rings (SSSR count). The van der Waals surface area contributed by atoms with Gasteiger partial charge in [0.15, 0.2) is 0 Å². The van der Waals surface area contributed by atoms with Crippen LogP contribution in [0.15, 0.2) is 11.4 Å². The quantitative estimate of drug-likeness (QED) is 0.849. The van der Waals surface area contributed by atoms with Crippen LogP contribution < -0.4 is 5.32 Å². The first-order valence-electron chi connectivity index (χ1n) is 7.28. The first-order valence-corrected chi connectivity index (χ1v) is 8.16. The Bertz CT molecular complexity index is 342. The van der Waals surface area contributed by atoms with Crippen molar-refractivity contribution in [2.75, 3.05) is 19.6 Å². The third kappa shape index (κ3) is 4.08. The zero-order valence-corrected chi connectivity index (χ0v) is 12.6. The Morgan fingerprint density at radius 1 is 1.44 bits per heavy atom. The van der Waals surface area contributed by atoms with Gasteiger partial charge in [-0.25, -0.2) is 0 Å². The van der Waals surface area contributed by atoms with E-state index >= 15 is 0 Å². The third-order valence-electron chi connectivity index (χ3n) is 3.77. The average molecular weight is 266 g/mol. The Kier molecular flexibility index (Phi) is 5.67. The SMILES string of the molecule is CCCN(Cc1sccc1C)CC1CCCCN1. The van der Waals surface area contributed by atoms with Crippen molar-refractivity contribution in [2.45, 2.75) is 52.1 Å². The molecule has 0 aromatic carbocycles. The van der Waals surface area contributed by atoms with E-state index in [0.29, 0.717) is 6.04 Å². The molecule has 18 heavy (non-hydrogen) atoms. The van der Waals surface area contributed by atoms with Gasteiger partial charge >= 0.3 is 0 Å². The average Bonchev–Trinajstić information content (AvgIpc) is 2.77. The second-order valence-corrected chi connectivity index (χ2v) is 6.41. The highest BCUT2D eigenvalue weighted by atomic mass is 32.1. The van der Waals surface area contributed by atoms with Crippen LogP contribution in [0.25, 0.3) is 0 Å². The molecule has 1 atom stereocenters. The molecule has 1 aromatic heterocycles. The molecule has 0 radical (unpaired) electrons. The molecule has 0 spiro atoms. The van der Waals surface area contributed by atoms with Gasteiger partial charge in [-0.1, -0.05) is 13.3 Å². The van der Waals surface area contributed by atoms with Crippen molar-refractivity contribution >= 4 is 11.3 Å². The van der Waals surface area contributed by atoms with Crippen LogP contribution >= 0.6 is 11.3 Å². The lowest BCUT2D eigenvalue weighted by molar-refractivity contribution is 0.218. The first-order chi connectivity index (χ1) is 8.79. The Hall–Kier alpha value is -0.380. The summed E-state index contributed by atoms with van der Waals surface area (Å²) in [5.41, 5.74) is 1.46. The number of aryl methyl sites for hydroxylation is 1. The van der Waals surface area contributed by atoms with Crippen LogP contribution in [0.3, 0.4) is 0 Å². The van der Waals surface area contributed by atoms with Gasteiger partial charge in [0.25, 0.3) is 0 Å². The van der Waals surface area contributed by atoms with Crippen LogP contribution in [0, 0.1) is 6.92 Å². The molecule has 1 saturated heterocycles. The summed E-state index contributed by atoms with van der Waals surface area (Å²) in [5, 5.41) is 5.88. The van der Waals surface area contributed by atoms with Gasteiger partial charge < -0.3 is 5.32 Å². The fraction of sp³-hybridized carbons (Fsp3) is 0.733. The van der Waals surface area contributed by atoms with Gasteiger partial charge in [-0.15, -0.1) is 11.3 Å². The number of nitrogens with zero attached hydrogens (tertiary/aromatic N) is 1. The topological polar surface area (TPSA) is 15.3 Å². The molecule has 2 nitrogen and oxygen atoms in total. The van der Waals surface area contributed by atoms with E-state index in [-0.39, 0.29) is 0 Å². The van der Waals surface area contributed by atoms with Crippen molar-refractivity contribution in [3.05, 3.63) is 21.9 Å². The van der Waals surface area contributed by atoms with E-state index in [4.69, 9.17) is 0 Å². The molecule has 1 aliphatic heterocycles. The van der Waals surface area contributed by atoms with Crippen molar-refractivity contribution < 1.29 is 0 Å². The van der Waals surface area contributed by atoms with Crippen molar-refractivity contribution in [1.29, 1.82) is 0 Å². The second-order valence-electron chi connectivity index (χ2n) is 5.41. The Morgan fingerprint density at radius 3 is 2.94 bits per heavy atom. The molecule has 0 bridgehead atoms. The van der Waals surface area contributed by atoms with Crippen LogP contribution in [-0.2, 0) is 6.54 Å². The number of rotatable bonds is 6. The monoisotopic (exact) mass is 266 g/mol. The maximum absolute atomic E-state index is 3.66. The Labute approximate surface area is 115 Å². The summed E-state index contributed by atoms with van der Waals surface area (Å²) in [5.74, 6) is 0. The molecule has 1 aliphatic rings. The summed E-state index contributed by atoms with van der Waals surface area (Å²) in [7, 11) is 0. The summed E-state index contributed by atoms with van der Waals surface area (Å²) in [4.78, 5) is 4.17.